The average molecular weight is 388 g/mol. The fourth-order valence-corrected chi connectivity index (χ4v) is 3.04. The van der Waals surface area contributed by atoms with Crippen molar-refractivity contribution < 1.29 is 9.59 Å². The summed E-state index contributed by atoms with van der Waals surface area (Å²) in [6, 6.07) is 18.3. The fourth-order valence-electron chi connectivity index (χ4n) is 3.04. The van der Waals surface area contributed by atoms with Crippen LogP contribution in [0.1, 0.15) is 20.8 Å². The van der Waals surface area contributed by atoms with Crippen LogP contribution in [0, 0.1) is 0 Å². The number of para-hydroxylation sites is 2. The number of hydrogen-bond acceptors (Lipinski definition) is 4. The van der Waals surface area contributed by atoms with Gasteiger partial charge >= 0.3 is 0 Å². The van der Waals surface area contributed by atoms with Crippen LogP contribution >= 0.6 is 0 Å². The zero-order valence-corrected chi connectivity index (χ0v) is 15.9. The molecule has 0 aliphatic heterocycles. The Morgan fingerprint density at radius 3 is 2.59 bits per heavy atom. The van der Waals surface area contributed by atoms with E-state index in [2.05, 4.69) is 20.7 Å². The number of benzene rings is 2. The van der Waals surface area contributed by atoms with Gasteiger partial charge in [0.25, 0.3) is 11.8 Å². The summed E-state index contributed by atoms with van der Waals surface area (Å²) >= 11 is 0. The number of rotatable bonds is 6. The summed E-state index contributed by atoms with van der Waals surface area (Å²) in [5.41, 5.74) is 2.71. The van der Waals surface area contributed by atoms with E-state index in [1.807, 2.05) is 34.9 Å². The lowest BCUT2D eigenvalue weighted by molar-refractivity contribution is 0.0946. The first-order valence-electron chi connectivity index (χ1n) is 9.20. The SMILES string of the molecule is Cn1nc(C(=O)NCCn2cnc3ccccc32)cc1NC(=O)c1ccccc1. The molecule has 2 aromatic heterocycles. The first-order chi connectivity index (χ1) is 14.1. The van der Waals surface area contributed by atoms with Gasteiger partial charge < -0.3 is 15.2 Å². The average Bonchev–Trinajstić information content (AvgIpc) is 3.32. The number of carbonyl (C=O) groups excluding carboxylic acids is 2. The lowest BCUT2D eigenvalue weighted by atomic mass is 10.2. The van der Waals surface area contributed by atoms with Gasteiger partial charge in [0.2, 0.25) is 0 Å². The van der Waals surface area contributed by atoms with E-state index in [1.165, 1.54) is 4.68 Å². The highest BCUT2D eigenvalue weighted by molar-refractivity contribution is 6.04. The van der Waals surface area contributed by atoms with Crippen LogP contribution < -0.4 is 10.6 Å². The van der Waals surface area contributed by atoms with Gasteiger partial charge in [-0.3, -0.25) is 14.3 Å². The maximum Gasteiger partial charge on any atom is 0.271 e. The third-order valence-corrected chi connectivity index (χ3v) is 4.56. The van der Waals surface area contributed by atoms with Crippen molar-refractivity contribution >= 4 is 28.7 Å². The number of imidazole rings is 1. The zero-order chi connectivity index (χ0) is 20.2. The fraction of sp³-hybridized carbons (Fsp3) is 0.143. The second-order valence-electron chi connectivity index (χ2n) is 6.54. The zero-order valence-electron chi connectivity index (χ0n) is 15.9. The van der Waals surface area contributed by atoms with Crippen LogP contribution in [-0.4, -0.2) is 37.7 Å². The number of aromatic nitrogens is 4. The normalized spacial score (nSPS) is 10.8. The molecular formula is C21H20N6O2. The smallest absolute Gasteiger partial charge is 0.271 e. The Morgan fingerprint density at radius 2 is 1.76 bits per heavy atom. The third kappa shape index (κ3) is 4.01. The minimum atomic E-state index is -0.301. The first-order valence-corrected chi connectivity index (χ1v) is 9.20. The Bertz CT molecular complexity index is 1160. The molecule has 2 N–H and O–H groups in total. The summed E-state index contributed by atoms with van der Waals surface area (Å²) in [7, 11) is 1.68. The van der Waals surface area contributed by atoms with Gasteiger partial charge in [0, 0.05) is 31.8 Å². The van der Waals surface area contributed by atoms with Crippen molar-refractivity contribution in [3.05, 3.63) is 78.2 Å². The molecule has 4 rings (SSSR count). The first kappa shape index (κ1) is 18.4. The molecule has 146 valence electrons. The van der Waals surface area contributed by atoms with Gasteiger partial charge in [0.15, 0.2) is 5.69 Å². The second kappa shape index (κ2) is 7.97. The van der Waals surface area contributed by atoms with Gasteiger partial charge in [0.05, 0.1) is 17.4 Å². The number of anilines is 1. The lowest BCUT2D eigenvalue weighted by Crippen LogP contribution is -2.27. The highest BCUT2D eigenvalue weighted by Crippen LogP contribution is 2.12. The molecular weight excluding hydrogens is 368 g/mol. The molecule has 8 heteroatoms. The van der Waals surface area contributed by atoms with Crippen molar-refractivity contribution in [2.75, 3.05) is 11.9 Å². The van der Waals surface area contributed by atoms with E-state index in [-0.39, 0.29) is 17.5 Å². The monoisotopic (exact) mass is 388 g/mol. The van der Waals surface area contributed by atoms with E-state index in [4.69, 9.17) is 0 Å². The topological polar surface area (TPSA) is 93.8 Å². The van der Waals surface area contributed by atoms with Gasteiger partial charge in [-0.2, -0.15) is 5.10 Å². The van der Waals surface area contributed by atoms with Gasteiger partial charge in [-0.1, -0.05) is 30.3 Å². The van der Waals surface area contributed by atoms with Crippen LogP contribution in [0.4, 0.5) is 5.82 Å². The second-order valence-corrected chi connectivity index (χ2v) is 6.54. The molecule has 0 saturated carbocycles. The molecule has 0 aliphatic rings. The third-order valence-electron chi connectivity index (χ3n) is 4.56. The van der Waals surface area contributed by atoms with Crippen molar-refractivity contribution in [1.82, 2.24) is 24.6 Å². The molecule has 4 aromatic rings. The highest BCUT2D eigenvalue weighted by Gasteiger charge is 2.15. The van der Waals surface area contributed by atoms with Crippen LogP contribution in [0.2, 0.25) is 0 Å². The van der Waals surface area contributed by atoms with Crippen LogP contribution in [0.25, 0.3) is 11.0 Å². The van der Waals surface area contributed by atoms with Crippen molar-refractivity contribution in [1.29, 1.82) is 0 Å². The Balaban J connectivity index is 1.37. The molecule has 0 atom stereocenters. The van der Waals surface area contributed by atoms with Gasteiger partial charge in [-0.05, 0) is 24.3 Å². The predicted molar refractivity (Wildman–Crippen MR) is 110 cm³/mol. The van der Waals surface area contributed by atoms with Crippen LogP contribution in [-0.2, 0) is 13.6 Å². The van der Waals surface area contributed by atoms with E-state index in [9.17, 15) is 9.59 Å². The molecule has 0 aliphatic carbocycles. The number of fused-ring (bicyclic) bond motifs is 1. The molecule has 0 saturated heterocycles. The van der Waals surface area contributed by atoms with E-state index < -0.39 is 0 Å². The van der Waals surface area contributed by atoms with Crippen molar-refractivity contribution in [2.24, 2.45) is 7.05 Å². The summed E-state index contributed by atoms with van der Waals surface area (Å²) in [6.07, 6.45) is 1.76. The minimum Gasteiger partial charge on any atom is -0.349 e. The number of nitrogens with one attached hydrogen (secondary N) is 2. The van der Waals surface area contributed by atoms with E-state index in [0.717, 1.165) is 11.0 Å². The molecule has 29 heavy (non-hydrogen) atoms. The Hall–Kier alpha value is -3.94. The number of aryl methyl sites for hydroxylation is 1. The number of amides is 2. The van der Waals surface area contributed by atoms with Crippen molar-refractivity contribution in [3.63, 3.8) is 0 Å². The summed E-state index contributed by atoms with van der Waals surface area (Å²) < 4.78 is 3.46. The van der Waals surface area contributed by atoms with Crippen LogP contribution in [0.5, 0.6) is 0 Å². The number of nitrogens with zero attached hydrogens (tertiary/aromatic N) is 4. The molecule has 0 spiro atoms. The molecule has 0 radical (unpaired) electrons. The minimum absolute atomic E-state index is 0.242. The molecule has 8 nitrogen and oxygen atoms in total. The summed E-state index contributed by atoms with van der Waals surface area (Å²) in [5, 5.41) is 9.81. The largest absolute Gasteiger partial charge is 0.349 e. The maximum atomic E-state index is 12.4. The Morgan fingerprint density at radius 1 is 1.00 bits per heavy atom. The van der Waals surface area contributed by atoms with Crippen LogP contribution in [0.15, 0.2) is 67.0 Å². The molecule has 2 amide bonds. The van der Waals surface area contributed by atoms with E-state index in [1.54, 1.807) is 43.7 Å². The number of hydrogen-bond donors (Lipinski definition) is 2. The molecule has 2 heterocycles. The van der Waals surface area contributed by atoms with Gasteiger partial charge in [0.1, 0.15) is 5.82 Å². The van der Waals surface area contributed by atoms with E-state index >= 15 is 0 Å². The van der Waals surface area contributed by atoms with Crippen molar-refractivity contribution in [3.8, 4) is 0 Å². The highest BCUT2D eigenvalue weighted by atomic mass is 16.2. The molecule has 0 bridgehead atoms. The summed E-state index contributed by atoms with van der Waals surface area (Å²) in [5.74, 6) is -0.109. The van der Waals surface area contributed by atoms with Gasteiger partial charge in [-0.15, -0.1) is 0 Å². The van der Waals surface area contributed by atoms with Crippen molar-refractivity contribution in [2.45, 2.75) is 6.54 Å². The summed E-state index contributed by atoms with van der Waals surface area (Å²) in [6.45, 7) is 1.03. The van der Waals surface area contributed by atoms with E-state index in [0.29, 0.717) is 24.5 Å². The number of carbonyl (C=O) groups is 2. The predicted octanol–water partition coefficient (Wildman–Crippen LogP) is 2.45. The maximum absolute atomic E-state index is 12.4. The van der Waals surface area contributed by atoms with Gasteiger partial charge in [-0.25, -0.2) is 4.98 Å². The standard InChI is InChI=1S/C21H20N6O2/c1-26-19(24-20(28)15-7-3-2-4-8-15)13-17(25-26)21(29)22-11-12-27-14-23-16-9-5-6-10-18(16)27/h2-10,13-14H,11-12H2,1H3,(H,22,29)(H,24,28). The molecule has 0 unspecified atom stereocenters. The molecule has 2 aromatic carbocycles. The quantitative estimate of drug-likeness (QED) is 0.531. The Labute approximate surface area is 167 Å². The van der Waals surface area contributed by atoms with Crippen LogP contribution in [0.3, 0.4) is 0 Å². The lowest BCUT2D eigenvalue weighted by Gasteiger charge is -2.05. The summed E-state index contributed by atoms with van der Waals surface area (Å²) in [4.78, 5) is 29.1. The Kier molecular flexibility index (Phi) is 5.07. The molecule has 0 fully saturated rings.